The first kappa shape index (κ1) is 13.4. The van der Waals surface area contributed by atoms with E-state index in [9.17, 15) is 9.59 Å². The summed E-state index contributed by atoms with van der Waals surface area (Å²) >= 11 is 0. The lowest BCUT2D eigenvalue weighted by molar-refractivity contribution is -0.137. The minimum absolute atomic E-state index is 0.0329. The Kier molecular flexibility index (Phi) is 3.44. The first-order valence-corrected chi connectivity index (χ1v) is 6.74. The fraction of sp³-hybridized carbons (Fsp3) is 0.176. The Bertz CT molecular complexity index is 706. The molecule has 106 valence electrons. The number of carbonyl (C=O) groups excluding carboxylic acids is 1. The minimum Gasteiger partial charge on any atom is -0.481 e. The van der Waals surface area contributed by atoms with E-state index in [2.05, 4.69) is 0 Å². The molecule has 1 aliphatic heterocycles. The molecule has 1 heterocycles. The summed E-state index contributed by atoms with van der Waals surface area (Å²) in [6, 6.07) is 12.8. The van der Waals surface area contributed by atoms with Crippen molar-refractivity contribution in [2.75, 3.05) is 0 Å². The number of ether oxygens (including phenoxy) is 1. The fourth-order valence-corrected chi connectivity index (χ4v) is 2.77. The van der Waals surface area contributed by atoms with Crippen LogP contribution in [0.5, 0.6) is 11.5 Å². The third-order valence-corrected chi connectivity index (χ3v) is 3.71. The highest BCUT2D eigenvalue weighted by molar-refractivity contribution is 5.81. The molecule has 0 saturated carbocycles. The summed E-state index contributed by atoms with van der Waals surface area (Å²) in [6.45, 7) is 0. The molecule has 0 aromatic heterocycles. The smallest absolute Gasteiger partial charge is 0.303 e. The van der Waals surface area contributed by atoms with Crippen molar-refractivity contribution >= 4 is 12.3 Å². The van der Waals surface area contributed by atoms with Crippen LogP contribution in [0.4, 0.5) is 0 Å². The van der Waals surface area contributed by atoms with Crippen molar-refractivity contribution in [3.8, 4) is 11.5 Å². The van der Waals surface area contributed by atoms with Crippen molar-refractivity contribution in [1.29, 1.82) is 0 Å². The summed E-state index contributed by atoms with van der Waals surface area (Å²) in [5.41, 5.74) is 2.22. The Hall–Kier alpha value is -2.62. The van der Waals surface area contributed by atoms with Crippen LogP contribution in [0, 0.1) is 0 Å². The maximum atomic E-state index is 11.2. The number of hydrogen-bond donors (Lipinski definition) is 1. The molecule has 1 unspecified atom stereocenters. The van der Waals surface area contributed by atoms with Crippen molar-refractivity contribution in [1.82, 2.24) is 0 Å². The van der Waals surface area contributed by atoms with Crippen LogP contribution in [0.15, 0.2) is 42.5 Å². The number of aldehydes is 1. The van der Waals surface area contributed by atoms with Crippen molar-refractivity contribution in [2.24, 2.45) is 0 Å². The summed E-state index contributed by atoms with van der Waals surface area (Å²) in [5.74, 6) is 0.149. The monoisotopic (exact) mass is 282 g/mol. The number of fused-ring (bicyclic) bond motifs is 2. The zero-order valence-electron chi connectivity index (χ0n) is 11.3. The summed E-state index contributed by atoms with van der Waals surface area (Å²) in [7, 11) is 0. The zero-order chi connectivity index (χ0) is 14.8. The maximum absolute atomic E-state index is 11.2. The Morgan fingerprint density at radius 2 is 2.05 bits per heavy atom. The molecule has 2 aromatic carbocycles. The molecule has 4 nitrogen and oxygen atoms in total. The summed E-state index contributed by atoms with van der Waals surface area (Å²) in [6.07, 6.45) is 1.34. The zero-order valence-corrected chi connectivity index (χ0v) is 11.3. The molecular weight excluding hydrogens is 268 g/mol. The highest BCUT2D eigenvalue weighted by atomic mass is 16.5. The standard InChI is InChI=1S/C17H14O4/c18-10-12-5-3-4-11-8-13(9-16(19)20)14-6-1-2-7-15(14)21-17(11)12/h1-7,10,13H,8-9H2,(H,19,20). The minimum atomic E-state index is -0.843. The van der Waals surface area contributed by atoms with Gasteiger partial charge in [0.15, 0.2) is 6.29 Å². The van der Waals surface area contributed by atoms with Gasteiger partial charge < -0.3 is 9.84 Å². The molecule has 0 radical (unpaired) electrons. The van der Waals surface area contributed by atoms with Crippen molar-refractivity contribution in [3.05, 3.63) is 59.2 Å². The van der Waals surface area contributed by atoms with Crippen molar-refractivity contribution < 1.29 is 19.4 Å². The highest BCUT2D eigenvalue weighted by Gasteiger charge is 2.26. The van der Waals surface area contributed by atoms with Gasteiger partial charge >= 0.3 is 5.97 Å². The van der Waals surface area contributed by atoms with Crippen LogP contribution in [0.2, 0.25) is 0 Å². The van der Waals surface area contributed by atoms with Crippen LogP contribution in [-0.2, 0) is 11.2 Å². The van der Waals surface area contributed by atoms with Gasteiger partial charge in [0.05, 0.1) is 12.0 Å². The first-order chi connectivity index (χ1) is 10.2. The van der Waals surface area contributed by atoms with E-state index in [1.165, 1.54) is 0 Å². The number of carboxylic acid groups (broad SMARTS) is 1. The Morgan fingerprint density at radius 1 is 1.24 bits per heavy atom. The second-order valence-corrected chi connectivity index (χ2v) is 5.09. The van der Waals surface area contributed by atoms with Crippen LogP contribution in [0.3, 0.4) is 0 Å². The molecule has 21 heavy (non-hydrogen) atoms. The topological polar surface area (TPSA) is 63.6 Å². The molecule has 3 rings (SSSR count). The molecule has 0 fully saturated rings. The largest absolute Gasteiger partial charge is 0.481 e. The van der Waals surface area contributed by atoms with Gasteiger partial charge in [-0.25, -0.2) is 0 Å². The average Bonchev–Trinajstić information content (AvgIpc) is 2.63. The lowest BCUT2D eigenvalue weighted by atomic mass is 9.89. The van der Waals surface area contributed by atoms with E-state index < -0.39 is 5.97 Å². The summed E-state index contributed by atoms with van der Waals surface area (Å²) in [5, 5.41) is 9.13. The van der Waals surface area contributed by atoms with Crippen LogP contribution < -0.4 is 4.74 Å². The molecule has 0 bridgehead atoms. The van der Waals surface area contributed by atoms with E-state index in [4.69, 9.17) is 9.84 Å². The number of benzene rings is 2. The van der Waals surface area contributed by atoms with Gasteiger partial charge in [-0.3, -0.25) is 9.59 Å². The van der Waals surface area contributed by atoms with Crippen LogP contribution in [-0.4, -0.2) is 17.4 Å². The molecule has 1 atom stereocenters. The third kappa shape index (κ3) is 2.52. The van der Waals surface area contributed by atoms with Gasteiger partial charge in [0, 0.05) is 5.92 Å². The lowest BCUT2D eigenvalue weighted by Gasteiger charge is -2.14. The summed E-state index contributed by atoms with van der Waals surface area (Å²) in [4.78, 5) is 22.3. The molecule has 0 aliphatic carbocycles. The lowest BCUT2D eigenvalue weighted by Crippen LogP contribution is -2.08. The second kappa shape index (κ2) is 5.40. The SMILES string of the molecule is O=Cc1cccc2c1Oc1ccccc1C(CC(=O)O)C2. The first-order valence-electron chi connectivity index (χ1n) is 6.74. The van der Waals surface area contributed by atoms with Gasteiger partial charge in [-0.2, -0.15) is 0 Å². The van der Waals surface area contributed by atoms with Crippen LogP contribution in [0.25, 0.3) is 0 Å². The summed E-state index contributed by atoms with van der Waals surface area (Å²) < 4.78 is 5.91. The highest BCUT2D eigenvalue weighted by Crippen LogP contribution is 2.41. The number of aliphatic carboxylic acids is 1. The number of rotatable bonds is 3. The Labute approximate surface area is 122 Å². The predicted molar refractivity (Wildman–Crippen MR) is 77.0 cm³/mol. The van der Waals surface area contributed by atoms with Crippen LogP contribution in [0.1, 0.15) is 33.8 Å². The van der Waals surface area contributed by atoms with Crippen molar-refractivity contribution in [2.45, 2.75) is 18.8 Å². The molecule has 1 N–H and O–H groups in total. The second-order valence-electron chi connectivity index (χ2n) is 5.09. The van der Waals surface area contributed by atoms with E-state index in [0.29, 0.717) is 23.5 Å². The molecule has 4 heteroatoms. The van der Waals surface area contributed by atoms with Gasteiger partial charge in [-0.1, -0.05) is 30.3 Å². The molecule has 0 amide bonds. The molecule has 1 aliphatic rings. The fourth-order valence-electron chi connectivity index (χ4n) is 2.77. The quantitative estimate of drug-likeness (QED) is 0.876. The van der Waals surface area contributed by atoms with Crippen LogP contribution >= 0.6 is 0 Å². The molecule has 0 saturated heterocycles. The normalized spacial score (nSPS) is 16.1. The van der Waals surface area contributed by atoms with Gasteiger partial charge in [-0.05, 0) is 29.7 Å². The average molecular weight is 282 g/mol. The van der Waals surface area contributed by atoms with E-state index >= 15 is 0 Å². The Balaban J connectivity index is 2.14. The number of carboxylic acids is 1. The Morgan fingerprint density at radius 3 is 2.81 bits per heavy atom. The van der Waals surface area contributed by atoms with Gasteiger partial charge in [-0.15, -0.1) is 0 Å². The predicted octanol–water partition coefficient (Wildman–Crippen LogP) is 3.41. The maximum Gasteiger partial charge on any atom is 0.303 e. The van der Waals surface area contributed by atoms with Crippen molar-refractivity contribution in [3.63, 3.8) is 0 Å². The molecule has 2 aromatic rings. The van der Waals surface area contributed by atoms with E-state index in [1.54, 1.807) is 18.2 Å². The number of hydrogen-bond acceptors (Lipinski definition) is 3. The van der Waals surface area contributed by atoms with Gasteiger partial charge in [0.1, 0.15) is 11.5 Å². The third-order valence-electron chi connectivity index (χ3n) is 3.71. The molecular formula is C17H14O4. The number of carbonyl (C=O) groups is 2. The number of para-hydroxylation sites is 2. The van der Waals surface area contributed by atoms with Gasteiger partial charge in [0.25, 0.3) is 0 Å². The van der Waals surface area contributed by atoms with E-state index in [-0.39, 0.29) is 12.3 Å². The van der Waals surface area contributed by atoms with Gasteiger partial charge in [0.2, 0.25) is 0 Å². The molecule has 0 spiro atoms. The van der Waals surface area contributed by atoms with E-state index in [0.717, 1.165) is 17.4 Å². The van der Waals surface area contributed by atoms with E-state index in [1.807, 2.05) is 24.3 Å².